The second kappa shape index (κ2) is 7.45. The Morgan fingerprint density at radius 1 is 1.23 bits per heavy atom. The van der Waals surface area contributed by atoms with Crippen molar-refractivity contribution in [2.75, 3.05) is 5.32 Å². The van der Waals surface area contributed by atoms with E-state index in [1.165, 1.54) is 0 Å². The van der Waals surface area contributed by atoms with E-state index in [9.17, 15) is 4.79 Å². The number of carbonyl (C=O) groups excluding carboxylic acids is 1. The molecule has 2 aliphatic rings. The van der Waals surface area contributed by atoms with Gasteiger partial charge in [-0.05, 0) is 55.9 Å². The summed E-state index contributed by atoms with van der Waals surface area (Å²) in [5, 5.41) is 6.85. The summed E-state index contributed by atoms with van der Waals surface area (Å²) in [6, 6.07) is 7.45. The lowest BCUT2D eigenvalue weighted by Gasteiger charge is -2.14. The molecule has 0 spiro atoms. The molecule has 2 aliphatic carbocycles. The van der Waals surface area contributed by atoms with Crippen molar-refractivity contribution < 1.29 is 14.1 Å². The zero-order chi connectivity index (χ0) is 17.9. The lowest BCUT2D eigenvalue weighted by Crippen LogP contribution is -2.28. The summed E-state index contributed by atoms with van der Waals surface area (Å²) < 4.78 is 10.9. The molecule has 2 fully saturated rings. The van der Waals surface area contributed by atoms with E-state index in [4.69, 9.17) is 15.0 Å². The zero-order valence-electron chi connectivity index (χ0n) is 14.7. The van der Waals surface area contributed by atoms with Crippen LogP contribution in [0.3, 0.4) is 0 Å². The van der Waals surface area contributed by atoms with Crippen LogP contribution in [0.4, 0.5) is 5.69 Å². The fourth-order valence-corrected chi connectivity index (χ4v) is 3.37. The summed E-state index contributed by atoms with van der Waals surface area (Å²) in [5.74, 6) is 2.71. The average molecular weight is 356 g/mol. The first-order valence-corrected chi connectivity index (χ1v) is 9.28. The number of ether oxygens (including phenoxy) is 1. The molecule has 3 N–H and O–H groups in total. The van der Waals surface area contributed by atoms with Crippen molar-refractivity contribution in [1.29, 1.82) is 0 Å². The number of nitrogens with one attached hydrogen (secondary N) is 1. The second-order valence-electron chi connectivity index (χ2n) is 7.24. The van der Waals surface area contributed by atoms with E-state index in [1.807, 2.05) is 24.3 Å². The van der Waals surface area contributed by atoms with Crippen molar-refractivity contribution >= 4 is 11.6 Å². The van der Waals surface area contributed by atoms with Crippen molar-refractivity contribution in [2.45, 2.75) is 57.1 Å². The van der Waals surface area contributed by atoms with Crippen LogP contribution in [0.5, 0.6) is 5.75 Å². The zero-order valence-corrected chi connectivity index (χ0v) is 14.7. The van der Waals surface area contributed by atoms with Crippen LogP contribution in [0.25, 0.3) is 0 Å². The molecule has 2 atom stereocenters. The van der Waals surface area contributed by atoms with E-state index in [2.05, 4.69) is 15.5 Å². The van der Waals surface area contributed by atoms with E-state index < -0.39 is 0 Å². The standard InChI is InChI=1S/C19H24N4O3/c20-16-3-1-2-13(16)10-18(24)21-14-6-8-15(9-7-14)25-11-17-22-19(26-23-17)12-4-5-12/h6-9,12-13,16H,1-5,10-11,20H2,(H,21,24)/t13-,16+/m0/s1. The summed E-state index contributed by atoms with van der Waals surface area (Å²) in [4.78, 5) is 16.5. The maximum Gasteiger partial charge on any atom is 0.229 e. The van der Waals surface area contributed by atoms with E-state index >= 15 is 0 Å². The van der Waals surface area contributed by atoms with Gasteiger partial charge in [-0.3, -0.25) is 4.79 Å². The Morgan fingerprint density at radius 3 is 2.73 bits per heavy atom. The van der Waals surface area contributed by atoms with Gasteiger partial charge >= 0.3 is 0 Å². The largest absolute Gasteiger partial charge is 0.485 e. The lowest BCUT2D eigenvalue weighted by molar-refractivity contribution is -0.117. The SMILES string of the molecule is N[C@@H]1CCC[C@H]1CC(=O)Nc1ccc(OCc2noc(C3CC3)n2)cc1. The van der Waals surface area contributed by atoms with E-state index in [-0.39, 0.29) is 18.6 Å². The Bertz CT molecular complexity index is 754. The number of nitrogens with zero attached hydrogens (tertiary/aromatic N) is 2. The first-order chi connectivity index (χ1) is 12.7. The Morgan fingerprint density at radius 2 is 2.04 bits per heavy atom. The number of benzene rings is 1. The predicted octanol–water partition coefficient (Wildman–Crippen LogP) is 2.98. The third kappa shape index (κ3) is 4.22. The van der Waals surface area contributed by atoms with Gasteiger partial charge in [0, 0.05) is 24.1 Å². The van der Waals surface area contributed by atoms with Crippen LogP contribution in [-0.4, -0.2) is 22.1 Å². The molecule has 0 bridgehead atoms. The quantitative estimate of drug-likeness (QED) is 0.790. The van der Waals surface area contributed by atoms with E-state index in [1.54, 1.807) is 0 Å². The number of anilines is 1. The minimum absolute atomic E-state index is 0.0143. The highest BCUT2D eigenvalue weighted by Crippen LogP contribution is 2.38. The highest BCUT2D eigenvalue weighted by molar-refractivity contribution is 5.90. The first kappa shape index (κ1) is 17.0. The molecule has 138 valence electrons. The number of nitrogens with two attached hydrogens (primary N) is 1. The van der Waals surface area contributed by atoms with E-state index in [0.29, 0.717) is 35.7 Å². The monoisotopic (exact) mass is 356 g/mol. The topological polar surface area (TPSA) is 103 Å². The molecule has 0 aliphatic heterocycles. The Hall–Kier alpha value is -2.41. The van der Waals surface area contributed by atoms with Gasteiger partial charge in [-0.25, -0.2) is 0 Å². The molecule has 1 heterocycles. The number of carbonyl (C=O) groups is 1. The number of hydrogen-bond acceptors (Lipinski definition) is 6. The number of aromatic nitrogens is 2. The molecule has 7 nitrogen and oxygen atoms in total. The summed E-state index contributed by atoms with van der Waals surface area (Å²) in [6.45, 7) is 0.265. The minimum Gasteiger partial charge on any atom is -0.485 e. The van der Waals surface area contributed by atoms with Gasteiger partial charge in [-0.1, -0.05) is 11.6 Å². The maximum absolute atomic E-state index is 12.1. The van der Waals surface area contributed by atoms with Gasteiger partial charge in [0.15, 0.2) is 6.61 Å². The van der Waals surface area contributed by atoms with Gasteiger partial charge in [0.1, 0.15) is 5.75 Å². The van der Waals surface area contributed by atoms with Crippen molar-refractivity contribution in [3.05, 3.63) is 36.0 Å². The molecule has 0 radical (unpaired) electrons. The molecular weight excluding hydrogens is 332 g/mol. The minimum atomic E-state index is 0.0143. The first-order valence-electron chi connectivity index (χ1n) is 9.28. The van der Waals surface area contributed by atoms with Crippen LogP contribution in [0.2, 0.25) is 0 Å². The Balaban J connectivity index is 1.25. The lowest BCUT2D eigenvalue weighted by atomic mass is 10.00. The molecule has 2 saturated carbocycles. The van der Waals surface area contributed by atoms with Crippen molar-refractivity contribution in [1.82, 2.24) is 10.1 Å². The molecule has 1 aromatic carbocycles. The summed E-state index contributed by atoms with van der Waals surface area (Å²) in [6.07, 6.45) is 5.92. The second-order valence-corrected chi connectivity index (χ2v) is 7.24. The molecule has 7 heteroatoms. The van der Waals surface area contributed by atoms with Gasteiger partial charge in [-0.15, -0.1) is 0 Å². The molecular formula is C19H24N4O3. The molecule has 1 amide bonds. The van der Waals surface area contributed by atoms with E-state index in [0.717, 1.165) is 37.8 Å². The summed E-state index contributed by atoms with van der Waals surface area (Å²) >= 11 is 0. The number of amides is 1. The third-order valence-corrected chi connectivity index (χ3v) is 5.08. The smallest absolute Gasteiger partial charge is 0.229 e. The van der Waals surface area contributed by atoms with Crippen molar-refractivity contribution in [2.24, 2.45) is 11.7 Å². The van der Waals surface area contributed by atoms with Crippen LogP contribution in [0, 0.1) is 5.92 Å². The van der Waals surface area contributed by atoms with Crippen LogP contribution in [-0.2, 0) is 11.4 Å². The van der Waals surface area contributed by atoms with Crippen LogP contribution < -0.4 is 15.8 Å². The van der Waals surface area contributed by atoms with Crippen molar-refractivity contribution in [3.8, 4) is 5.75 Å². The third-order valence-electron chi connectivity index (χ3n) is 5.08. The molecule has 26 heavy (non-hydrogen) atoms. The summed E-state index contributed by atoms with van der Waals surface area (Å²) in [5.41, 5.74) is 6.78. The van der Waals surface area contributed by atoms with Gasteiger partial charge < -0.3 is 20.3 Å². The average Bonchev–Trinajstić information content (AvgIpc) is 3.25. The molecule has 1 aromatic heterocycles. The Labute approximate surface area is 152 Å². The van der Waals surface area contributed by atoms with Gasteiger partial charge in [-0.2, -0.15) is 4.98 Å². The number of hydrogen-bond donors (Lipinski definition) is 2. The van der Waals surface area contributed by atoms with Gasteiger partial charge in [0.2, 0.25) is 17.6 Å². The van der Waals surface area contributed by atoms with Gasteiger partial charge in [0.05, 0.1) is 0 Å². The molecule has 0 saturated heterocycles. The molecule has 4 rings (SSSR count). The highest BCUT2D eigenvalue weighted by atomic mass is 16.5. The normalized spacial score (nSPS) is 22.3. The van der Waals surface area contributed by atoms with Crippen LogP contribution in [0.1, 0.15) is 56.2 Å². The molecule has 2 aromatic rings. The summed E-state index contributed by atoms with van der Waals surface area (Å²) in [7, 11) is 0. The van der Waals surface area contributed by atoms with Crippen molar-refractivity contribution in [3.63, 3.8) is 0 Å². The fourth-order valence-electron chi connectivity index (χ4n) is 3.37. The fraction of sp³-hybridized carbons (Fsp3) is 0.526. The highest BCUT2D eigenvalue weighted by Gasteiger charge is 2.29. The van der Waals surface area contributed by atoms with Gasteiger partial charge in [0.25, 0.3) is 0 Å². The predicted molar refractivity (Wildman–Crippen MR) is 95.6 cm³/mol. The van der Waals surface area contributed by atoms with Crippen LogP contribution in [0.15, 0.2) is 28.8 Å². The van der Waals surface area contributed by atoms with Crippen LogP contribution >= 0.6 is 0 Å². The molecule has 0 unspecified atom stereocenters. The number of rotatable bonds is 7. The Kier molecular flexibility index (Phi) is 4.88. The maximum atomic E-state index is 12.1.